The fourth-order valence-corrected chi connectivity index (χ4v) is 1.29. The zero-order valence-corrected chi connectivity index (χ0v) is 7.08. The number of pyridine rings is 1. The first-order chi connectivity index (χ1) is 5.90. The van der Waals surface area contributed by atoms with E-state index < -0.39 is 0 Å². The van der Waals surface area contributed by atoms with Crippen molar-refractivity contribution in [2.45, 2.75) is 12.5 Å². The average molecular weight is 164 g/mol. The molecule has 0 saturated carbocycles. The van der Waals surface area contributed by atoms with Crippen molar-refractivity contribution >= 4 is 0 Å². The summed E-state index contributed by atoms with van der Waals surface area (Å²) in [5.74, 6) is 0.679. The van der Waals surface area contributed by atoms with Crippen LogP contribution >= 0.6 is 0 Å². The van der Waals surface area contributed by atoms with E-state index in [1.807, 2.05) is 12.3 Å². The van der Waals surface area contributed by atoms with Gasteiger partial charge in [0.2, 0.25) is 5.88 Å². The Morgan fingerprint density at radius 1 is 1.58 bits per heavy atom. The number of rotatable bonds is 2. The van der Waals surface area contributed by atoms with Crippen LogP contribution in [0.5, 0.6) is 5.88 Å². The maximum Gasteiger partial charge on any atom is 0.212 e. The van der Waals surface area contributed by atoms with Gasteiger partial charge in [0.15, 0.2) is 0 Å². The molecule has 1 N–H and O–H groups in total. The van der Waals surface area contributed by atoms with Crippen LogP contribution in [0.3, 0.4) is 0 Å². The van der Waals surface area contributed by atoms with Gasteiger partial charge in [0.05, 0.1) is 7.11 Å². The summed E-state index contributed by atoms with van der Waals surface area (Å²) in [7, 11) is 1.63. The lowest BCUT2D eigenvalue weighted by Gasteiger charge is -2.27. The van der Waals surface area contributed by atoms with Crippen LogP contribution in [0.25, 0.3) is 0 Å². The Balaban J connectivity index is 2.13. The van der Waals surface area contributed by atoms with Crippen LogP contribution in [-0.2, 0) is 0 Å². The van der Waals surface area contributed by atoms with Gasteiger partial charge in [0.25, 0.3) is 0 Å². The number of ether oxygens (including phenoxy) is 1. The molecule has 0 spiro atoms. The van der Waals surface area contributed by atoms with Crippen molar-refractivity contribution in [3.8, 4) is 5.88 Å². The van der Waals surface area contributed by atoms with E-state index in [0.29, 0.717) is 11.9 Å². The molecule has 1 aliphatic rings. The Morgan fingerprint density at radius 3 is 2.83 bits per heavy atom. The highest BCUT2D eigenvalue weighted by Gasteiger charge is 2.18. The first-order valence-electron chi connectivity index (χ1n) is 4.13. The van der Waals surface area contributed by atoms with Gasteiger partial charge in [-0.05, 0) is 18.5 Å². The van der Waals surface area contributed by atoms with Gasteiger partial charge in [-0.25, -0.2) is 4.98 Å². The second-order valence-corrected chi connectivity index (χ2v) is 2.93. The van der Waals surface area contributed by atoms with Crippen molar-refractivity contribution in [3.05, 3.63) is 23.9 Å². The number of methoxy groups -OCH3 is 1. The van der Waals surface area contributed by atoms with E-state index in [9.17, 15) is 0 Å². The Kier molecular flexibility index (Phi) is 1.96. The monoisotopic (exact) mass is 164 g/mol. The quantitative estimate of drug-likeness (QED) is 0.711. The summed E-state index contributed by atoms with van der Waals surface area (Å²) >= 11 is 0. The van der Waals surface area contributed by atoms with Crippen molar-refractivity contribution in [1.82, 2.24) is 10.3 Å². The minimum absolute atomic E-state index is 0.517. The molecular formula is C9H12N2O. The van der Waals surface area contributed by atoms with E-state index >= 15 is 0 Å². The number of nitrogens with one attached hydrogen (secondary N) is 1. The molecule has 64 valence electrons. The lowest BCUT2D eigenvalue weighted by Crippen LogP contribution is -2.34. The fraction of sp³-hybridized carbons (Fsp3) is 0.444. The third kappa shape index (κ3) is 1.28. The van der Waals surface area contributed by atoms with Gasteiger partial charge in [0, 0.05) is 18.3 Å². The smallest absolute Gasteiger partial charge is 0.212 e. The number of aromatic nitrogens is 1. The van der Waals surface area contributed by atoms with Crippen molar-refractivity contribution in [2.75, 3.05) is 13.7 Å². The molecule has 1 unspecified atom stereocenters. The Bertz CT molecular complexity index is 254. The molecule has 0 radical (unpaired) electrons. The van der Waals surface area contributed by atoms with E-state index in [4.69, 9.17) is 4.74 Å². The predicted molar refractivity (Wildman–Crippen MR) is 46.1 cm³/mol. The zero-order chi connectivity index (χ0) is 8.39. The van der Waals surface area contributed by atoms with Crippen molar-refractivity contribution in [1.29, 1.82) is 0 Å². The maximum absolute atomic E-state index is 4.97. The minimum atomic E-state index is 0.517. The van der Waals surface area contributed by atoms with Crippen molar-refractivity contribution in [2.24, 2.45) is 0 Å². The van der Waals surface area contributed by atoms with E-state index in [0.717, 1.165) is 6.54 Å². The average Bonchev–Trinajstić information content (AvgIpc) is 2.03. The van der Waals surface area contributed by atoms with Gasteiger partial charge in [-0.2, -0.15) is 0 Å². The highest BCUT2D eigenvalue weighted by Crippen LogP contribution is 2.22. The van der Waals surface area contributed by atoms with Crippen LogP contribution in [0.4, 0.5) is 0 Å². The molecule has 1 aromatic rings. The second-order valence-electron chi connectivity index (χ2n) is 2.93. The molecule has 0 aromatic carbocycles. The highest BCUT2D eigenvalue weighted by atomic mass is 16.5. The number of hydrogen-bond donors (Lipinski definition) is 1. The lowest BCUT2D eigenvalue weighted by atomic mass is 10.00. The third-order valence-corrected chi connectivity index (χ3v) is 2.19. The molecule has 0 aliphatic carbocycles. The SMILES string of the molecule is COc1ccc(C2CCN2)cn1. The van der Waals surface area contributed by atoms with E-state index in [-0.39, 0.29) is 0 Å². The van der Waals surface area contributed by atoms with Gasteiger partial charge < -0.3 is 10.1 Å². The second kappa shape index (κ2) is 3.11. The summed E-state index contributed by atoms with van der Waals surface area (Å²) in [6, 6.07) is 4.47. The van der Waals surface area contributed by atoms with Crippen LogP contribution < -0.4 is 10.1 Å². The van der Waals surface area contributed by atoms with Crippen LogP contribution in [0.1, 0.15) is 18.0 Å². The van der Waals surface area contributed by atoms with E-state index in [1.54, 1.807) is 7.11 Å². The van der Waals surface area contributed by atoms with E-state index in [2.05, 4.69) is 16.4 Å². The molecule has 1 atom stereocenters. The van der Waals surface area contributed by atoms with Crippen molar-refractivity contribution < 1.29 is 4.74 Å². The first kappa shape index (κ1) is 7.55. The molecule has 2 rings (SSSR count). The molecule has 2 heterocycles. The predicted octanol–water partition coefficient (Wildman–Crippen LogP) is 1.12. The molecule has 0 amide bonds. The molecule has 1 aromatic heterocycles. The summed E-state index contributed by atoms with van der Waals surface area (Å²) in [5.41, 5.74) is 1.25. The number of nitrogens with zero attached hydrogens (tertiary/aromatic N) is 1. The van der Waals surface area contributed by atoms with Crippen molar-refractivity contribution in [3.63, 3.8) is 0 Å². The topological polar surface area (TPSA) is 34.1 Å². The highest BCUT2D eigenvalue weighted by molar-refractivity contribution is 5.22. The number of hydrogen-bond acceptors (Lipinski definition) is 3. The lowest BCUT2D eigenvalue weighted by molar-refractivity contribution is 0.376. The van der Waals surface area contributed by atoms with Gasteiger partial charge in [-0.1, -0.05) is 6.07 Å². The van der Waals surface area contributed by atoms with Gasteiger partial charge in [-0.15, -0.1) is 0 Å². The molecule has 1 saturated heterocycles. The molecule has 1 aliphatic heterocycles. The summed E-state index contributed by atoms with van der Waals surface area (Å²) in [4.78, 5) is 4.14. The van der Waals surface area contributed by atoms with Crippen LogP contribution in [0.2, 0.25) is 0 Å². The van der Waals surface area contributed by atoms with Crippen LogP contribution in [-0.4, -0.2) is 18.6 Å². The Labute approximate surface area is 71.8 Å². The van der Waals surface area contributed by atoms with Crippen LogP contribution in [0, 0.1) is 0 Å². The molecule has 1 fully saturated rings. The standard InChI is InChI=1S/C9H12N2O/c1-12-9-3-2-7(6-11-9)8-4-5-10-8/h2-3,6,8,10H,4-5H2,1H3. The van der Waals surface area contributed by atoms with Gasteiger partial charge >= 0.3 is 0 Å². The third-order valence-electron chi connectivity index (χ3n) is 2.19. The summed E-state index contributed by atoms with van der Waals surface area (Å²) in [5, 5.41) is 3.32. The Morgan fingerprint density at radius 2 is 2.42 bits per heavy atom. The Hall–Kier alpha value is -1.09. The molecule has 3 nitrogen and oxygen atoms in total. The van der Waals surface area contributed by atoms with Gasteiger partial charge in [-0.3, -0.25) is 0 Å². The molecule has 0 bridgehead atoms. The van der Waals surface area contributed by atoms with Crippen LogP contribution in [0.15, 0.2) is 18.3 Å². The largest absolute Gasteiger partial charge is 0.481 e. The zero-order valence-electron chi connectivity index (χ0n) is 7.08. The summed E-state index contributed by atoms with van der Waals surface area (Å²) in [6.07, 6.45) is 3.09. The molecule has 12 heavy (non-hydrogen) atoms. The summed E-state index contributed by atoms with van der Waals surface area (Å²) < 4.78 is 4.97. The minimum Gasteiger partial charge on any atom is -0.481 e. The fourth-order valence-electron chi connectivity index (χ4n) is 1.29. The molecular weight excluding hydrogens is 152 g/mol. The normalized spacial score (nSPS) is 21.6. The summed E-state index contributed by atoms with van der Waals surface area (Å²) in [6.45, 7) is 1.12. The first-order valence-corrected chi connectivity index (χ1v) is 4.13. The van der Waals surface area contributed by atoms with E-state index in [1.165, 1.54) is 12.0 Å². The maximum atomic E-state index is 4.97. The van der Waals surface area contributed by atoms with Gasteiger partial charge in [0.1, 0.15) is 0 Å². The molecule has 3 heteroatoms.